The van der Waals surface area contributed by atoms with E-state index in [9.17, 15) is 0 Å². The molecule has 4 nitrogen and oxygen atoms in total. The Morgan fingerprint density at radius 2 is 1.96 bits per heavy atom. The zero-order chi connectivity index (χ0) is 17.8. The van der Waals surface area contributed by atoms with Gasteiger partial charge in [0, 0.05) is 30.2 Å². The molecular formula is C21H19N3OS. The first kappa shape index (κ1) is 16.5. The molecule has 0 bridgehead atoms. The summed E-state index contributed by atoms with van der Waals surface area (Å²) in [5.41, 5.74) is 4.30. The van der Waals surface area contributed by atoms with E-state index in [1.54, 1.807) is 17.6 Å². The number of pyridine rings is 1. The molecular weight excluding hydrogens is 342 g/mol. The number of thiazole rings is 1. The maximum atomic E-state index is 5.62. The molecule has 0 atom stereocenters. The first-order chi connectivity index (χ1) is 12.8. The number of hydrogen-bond acceptors (Lipinski definition) is 4. The van der Waals surface area contributed by atoms with Crippen LogP contribution in [0.15, 0.2) is 81.8 Å². The van der Waals surface area contributed by atoms with E-state index in [0.717, 1.165) is 40.6 Å². The van der Waals surface area contributed by atoms with Gasteiger partial charge in [0.05, 0.1) is 17.6 Å². The van der Waals surface area contributed by atoms with E-state index >= 15 is 0 Å². The lowest BCUT2D eigenvalue weighted by Crippen LogP contribution is -2.17. The van der Waals surface area contributed by atoms with Gasteiger partial charge in [0.25, 0.3) is 0 Å². The summed E-state index contributed by atoms with van der Waals surface area (Å²) in [5, 5.41) is 2.10. The second-order valence-corrected chi connectivity index (χ2v) is 6.89. The Balaban J connectivity index is 1.73. The molecule has 0 aliphatic heterocycles. The van der Waals surface area contributed by atoms with Gasteiger partial charge >= 0.3 is 0 Å². The van der Waals surface area contributed by atoms with Gasteiger partial charge in [-0.05, 0) is 43.3 Å². The standard InChI is InChI=1S/C21H19N3OS/c1-16-7-9-18(10-8-16)23-21-24(13-11-17-5-2-3-12-22-17)19(15-26-21)20-6-4-14-25-20/h2-10,12,14-15H,11,13H2,1H3. The van der Waals surface area contributed by atoms with Gasteiger partial charge in [-0.2, -0.15) is 0 Å². The summed E-state index contributed by atoms with van der Waals surface area (Å²) >= 11 is 1.62. The van der Waals surface area contributed by atoms with Gasteiger partial charge in [-0.3, -0.25) is 4.98 Å². The average molecular weight is 361 g/mol. The van der Waals surface area contributed by atoms with Crippen LogP contribution in [0.5, 0.6) is 0 Å². The molecule has 0 unspecified atom stereocenters. The highest BCUT2D eigenvalue weighted by Gasteiger charge is 2.11. The van der Waals surface area contributed by atoms with Crippen molar-refractivity contribution in [3.8, 4) is 11.5 Å². The summed E-state index contributed by atoms with van der Waals surface area (Å²) in [5.74, 6) is 0.854. The van der Waals surface area contributed by atoms with Crippen molar-refractivity contribution in [2.75, 3.05) is 0 Å². The Bertz CT molecular complexity index is 1030. The Hall–Kier alpha value is -2.92. The Morgan fingerprint density at radius 3 is 2.69 bits per heavy atom. The summed E-state index contributed by atoms with van der Waals surface area (Å²) in [6.45, 7) is 2.87. The van der Waals surface area contributed by atoms with Crippen LogP contribution in [0, 0.1) is 6.92 Å². The highest BCUT2D eigenvalue weighted by atomic mass is 32.1. The van der Waals surface area contributed by atoms with Gasteiger partial charge in [-0.25, -0.2) is 4.99 Å². The van der Waals surface area contributed by atoms with Crippen LogP contribution < -0.4 is 4.80 Å². The largest absolute Gasteiger partial charge is 0.463 e. The first-order valence-corrected chi connectivity index (χ1v) is 9.41. The van der Waals surface area contributed by atoms with E-state index in [-0.39, 0.29) is 0 Å². The van der Waals surface area contributed by atoms with E-state index in [0.29, 0.717) is 0 Å². The molecule has 4 aromatic rings. The van der Waals surface area contributed by atoms with Crippen molar-refractivity contribution in [2.45, 2.75) is 19.9 Å². The van der Waals surface area contributed by atoms with Crippen LogP contribution in [-0.4, -0.2) is 9.55 Å². The van der Waals surface area contributed by atoms with Crippen LogP contribution in [0.2, 0.25) is 0 Å². The number of hydrogen-bond donors (Lipinski definition) is 0. The highest BCUT2D eigenvalue weighted by molar-refractivity contribution is 7.07. The predicted molar refractivity (Wildman–Crippen MR) is 104 cm³/mol. The molecule has 0 fully saturated rings. The number of aromatic nitrogens is 2. The lowest BCUT2D eigenvalue weighted by Gasteiger charge is -2.07. The molecule has 0 N–H and O–H groups in total. The topological polar surface area (TPSA) is 43.3 Å². The fourth-order valence-electron chi connectivity index (χ4n) is 2.76. The summed E-state index contributed by atoms with van der Waals surface area (Å²) in [6.07, 6.45) is 4.37. The lowest BCUT2D eigenvalue weighted by atomic mass is 10.2. The van der Waals surface area contributed by atoms with Crippen molar-refractivity contribution >= 4 is 17.0 Å². The lowest BCUT2D eigenvalue weighted by molar-refractivity contribution is 0.568. The maximum absolute atomic E-state index is 5.62. The van der Waals surface area contributed by atoms with E-state index < -0.39 is 0 Å². The molecule has 4 rings (SSSR count). The number of benzene rings is 1. The van der Waals surface area contributed by atoms with Crippen molar-refractivity contribution < 1.29 is 4.42 Å². The summed E-state index contributed by atoms with van der Waals surface area (Å²) in [7, 11) is 0. The van der Waals surface area contributed by atoms with Crippen LogP contribution in [0.1, 0.15) is 11.3 Å². The normalized spacial score (nSPS) is 11.8. The molecule has 130 valence electrons. The monoisotopic (exact) mass is 361 g/mol. The summed E-state index contributed by atoms with van der Waals surface area (Å²) in [6, 6.07) is 18.2. The van der Waals surface area contributed by atoms with Crippen molar-refractivity contribution in [2.24, 2.45) is 4.99 Å². The quantitative estimate of drug-likeness (QED) is 0.503. The highest BCUT2D eigenvalue weighted by Crippen LogP contribution is 2.21. The number of nitrogens with zero attached hydrogens (tertiary/aromatic N) is 3. The SMILES string of the molecule is Cc1ccc(N=c2scc(-c3ccco3)n2CCc2ccccn2)cc1. The molecule has 1 aromatic carbocycles. The Morgan fingerprint density at radius 1 is 1.08 bits per heavy atom. The minimum Gasteiger partial charge on any atom is -0.463 e. The van der Waals surface area contributed by atoms with Crippen LogP contribution >= 0.6 is 11.3 Å². The molecule has 3 aromatic heterocycles. The van der Waals surface area contributed by atoms with Gasteiger partial charge in [-0.15, -0.1) is 11.3 Å². The Kier molecular flexibility index (Phi) is 4.80. The smallest absolute Gasteiger partial charge is 0.190 e. The molecule has 0 aliphatic rings. The zero-order valence-corrected chi connectivity index (χ0v) is 15.3. The second kappa shape index (κ2) is 7.54. The van der Waals surface area contributed by atoms with Crippen LogP contribution in [0.4, 0.5) is 5.69 Å². The van der Waals surface area contributed by atoms with Gasteiger partial charge in [0.1, 0.15) is 0 Å². The summed E-state index contributed by atoms with van der Waals surface area (Å²) in [4.78, 5) is 10.2. The minimum absolute atomic E-state index is 0.793. The molecule has 0 aliphatic carbocycles. The van der Waals surface area contributed by atoms with Gasteiger partial charge in [0.2, 0.25) is 0 Å². The predicted octanol–water partition coefficient (Wildman–Crippen LogP) is 4.99. The second-order valence-electron chi connectivity index (χ2n) is 6.05. The third-order valence-corrected chi connectivity index (χ3v) is 5.01. The maximum Gasteiger partial charge on any atom is 0.190 e. The van der Waals surface area contributed by atoms with E-state index in [1.165, 1.54) is 5.56 Å². The fraction of sp³-hybridized carbons (Fsp3) is 0.143. The third-order valence-electron chi connectivity index (χ3n) is 4.15. The molecule has 3 heterocycles. The van der Waals surface area contributed by atoms with Gasteiger partial charge in [-0.1, -0.05) is 23.8 Å². The van der Waals surface area contributed by atoms with Crippen molar-refractivity contribution in [3.05, 3.63) is 88.5 Å². The molecule has 0 saturated heterocycles. The van der Waals surface area contributed by atoms with Crippen molar-refractivity contribution in [1.82, 2.24) is 9.55 Å². The van der Waals surface area contributed by atoms with Gasteiger partial charge in [0.15, 0.2) is 10.6 Å². The zero-order valence-electron chi connectivity index (χ0n) is 14.5. The fourth-order valence-corrected chi connectivity index (χ4v) is 3.69. The van der Waals surface area contributed by atoms with E-state index in [1.807, 2.05) is 42.6 Å². The van der Waals surface area contributed by atoms with Crippen LogP contribution in [0.3, 0.4) is 0 Å². The van der Waals surface area contributed by atoms with Gasteiger partial charge < -0.3 is 8.98 Å². The van der Waals surface area contributed by atoms with Crippen LogP contribution in [0.25, 0.3) is 11.5 Å². The number of rotatable bonds is 5. The molecule has 26 heavy (non-hydrogen) atoms. The molecule has 5 heteroatoms. The minimum atomic E-state index is 0.793. The molecule has 0 spiro atoms. The molecule has 0 amide bonds. The number of furan rings is 1. The van der Waals surface area contributed by atoms with E-state index in [4.69, 9.17) is 9.41 Å². The Labute approximate surface area is 156 Å². The number of aryl methyl sites for hydroxylation is 2. The van der Waals surface area contributed by atoms with E-state index in [2.05, 4.69) is 40.1 Å². The van der Waals surface area contributed by atoms with Crippen molar-refractivity contribution in [1.29, 1.82) is 0 Å². The molecule has 0 radical (unpaired) electrons. The molecule has 0 saturated carbocycles. The average Bonchev–Trinajstić information content (AvgIpc) is 3.32. The third kappa shape index (κ3) is 3.68. The first-order valence-electron chi connectivity index (χ1n) is 8.53. The summed E-state index contributed by atoms with van der Waals surface area (Å²) < 4.78 is 7.83. The van der Waals surface area contributed by atoms with Crippen molar-refractivity contribution in [3.63, 3.8) is 0 Å². The van der Waals surface area contributed by atoms with Crippen LogP contribution in [-0.2, 0) is 13.0 Å².